The third-order valence-corrected chi connectivity index (χ3v) is 2.71. The molecule has 0 fully saturated rings. The molecule has 2 aromatic carbocycles. The van der Waals surface area contributed by atoms with E-state index in [0.717, 1.165) is 21.8 Å². The van der Waals surface area contributed by atoms with Crippen molar-refractivity contribution < 1.29 is 4.79 Å². The molecule has 0 aliphatic rings. The summed E-state index contributed by atoms with van der Waals surface area (Å²) in [4.78, 5) is 14.6. The predicted molar refractivity (Wildman–Crippen MR) is 63.2 cm³/mol. The Morgan fingerprint density at radius 1 is 1.19 bits per heavy atom. The number of rotatable bonds is 1. The van der Waals surface area contributed by atoms with Crippen molar-refractivity contribution in [3.63, 3.8) is 0 Å². The molecule has 0 aliphatic heterocycles. The van der Waals surface area contributed by atoms with Crippen molar-refractivity contribution in [1.29, 1.82) is 0 Å². The summed E-state index contributed by atoms with van der Waals surface area (Å²) < 4.78 is 0. The Bertz CT molecular complexity index is 697. The van der Waals surface area contributed by atoms with Crippen LogP contribution in [-0.2, 0) is 0 Å². The Morgan fingerprint density at radius 2 is 2.00 bits per heavy atom. The molecule has 0 saturated carbocycles. The first-order valence-corrected chi connectivity index (χ1v) is 4.98. The lowest BCUT2D eigenvalue weighted by Crippen LogP contribution is -2.10. The van der Waals surface area contributed by atoms with Crippen LogP contribution in [-0.4, -0.2) is 10.9 Å². The fourth-order valence-corrected chi connectivity index (χ4v) is 2.02. The first-order valence-electron chi connectivity index (χ1n) is 4.98. The second-order valence-electron chi connectivity index (χ2n) is 3.68. The smallest absolute Gasteiger partial charge is 0.249 e. The van der Waals surface area contributed by atoms with Gasteiger partial charge in [-0.2, -0.15) is 0 Å². The molecule has 1 aromatic heterocycles. The molecule has 3 N–H and O–H groups in total. The molecular formula is C13H9N2O. The van der Waals surface area contributed by atoms with Crippen LogP contribution < -0.4 is 5.73 Å². The first-order chi connectivity index (χ1) is 7.77. The van der Waals surface area contributed by atoms with Crippen molar-refractivity contribution >= 4 is 27.7 Å². The highest BCUT2D eigenvalue weighted by molar-refractivity contribution is 6.17. The van der Waals surface area contributed by atoms with Crippen LogP contribution in [0.4, 0.5) is 0 Å². The van der Waals surface area contributed by atoms with E-state index in [0.29, 0.717) is 5.56 Å². The van der Waals surface area contributed by atoms with Crippen LogP contribution in [0.25, 0.3) is 21.8 Å². The van der Waals surface area contributed by atoms with E-state index in [1.54, 1.807) is 6.07 Å². The zero-order valence-corrected chi connectivity index (χ0v) is 8.45. The molecule has 0 unspecified atom stereocenters. The van der Waals surface area contributed by atoms with Gasteiger partial charge in [-0.3, -0.25) is 4.79 Å². The van der Waals surface area contributed by atoms with Crippen LogP contribution in [0.15, 0.2) is 36.4 Å². The highest BCUT2D eigenvalue weighted by Crippen LogP contribution is 2.27. The lowest BCUT2D eigenvalue weighted by Gasteiger charge is -1.97. The standard InChI is InChI=1S/C13H9N2O/c14-13(16)9-5-3-7-11-12(9)8-4-1-2-6-10(8)15-11/h1-3,5-7,15H,(H2,14,16). The molecule has 3 nitrogen and oxygen atoms in total. The first kappa shape index (κ1) is 8.97. The van der Waals surface area contributed by atoms with Gasteiger partial charge in [0.2, 0.25) is 5.91 Å². The molecule has 0 aliphatic carbocycles. The molecule has 1 amide bonds. The van der Waals surface area contributed by atoms with Gasteiger partial charge in [-0.25, -0.2) is 0 Å². The number of carbonyl (C=O) groups is 1. The van der Waals surface area contributed by atoms with Crippen molar-refractivity contribution in [1.82, 2.24) is 4.98 Å². The summed E-state index contributed by atoms with van der Waals surface area (Å²) in [6.07, 6.45) is 0. The highest BCUT2D eigenvalue weighted by atomic mass is 16.1. The second-order valence-corrected chi connectivity index (χ2v) is 3.68. The zero-order chi connectivity index (χ0) is 11.1. The lowest BCUT2D eigenvalue weighted by atomic mass is 10.1. The molecule has 1 radical (unpaired) electrons. The molecular weight excluding hydrogens is 200 g/mol. The largest absolute Gasteiger partial charge is 0.366 e. The molecule has 77 valence electrons. The molecule has 0 spiro atoms. The van der Waals surface area contributed by atoms with Gasteiger partial charge in [0.25, 0.3) is 0 Å². The fraction of sp³-hybridized carbons (Fsp3) is 0. The summed E-state index contributed by atoms with van der Waals surface area (Å²) >= 11 is 0. The van der Waals surface area contributed by atoms with Crippen LogP contribution in [0.5, 0.6) is 0 Å². The average Bonchev–Trinajstić information content (AvgIpc) is 2.66. The van der Waals surface area contributed by atoms with E-state index in [2.05, 4.69) is 11.1 Å². The van der Waals surface area contributed by atoms with Gasteiger partial charge < -0.3 is 10.7 Å². The van der Waals surface area contributed by atoms with Crippen LogP contribution in [0, 0.1) is 6.07 Å². The van der Waals surface area contributed by atoms with Crippen LogP contribution in [0.1, 0.15) is 10.4 Å². The molecule has 0 bridgehead atoms. The minimum Gasteiger partial charge on any atom is -0.366 e. The van der Waals surface area contributed by atoms with Gasteiger partial charge in [-0.1, -0.05) is 18.2 Å². The number of H-pyrrole nitrogens is 1. The maximum Gasteiger partial charge on any atom is 0.249 e. The Labute approximate surface area is 91.9 Å². The van der Waals surface area contributed by atoms with Gasteiger partial charge in [-0.15, -0.1) is 0 Å². The molecule has 16 heavy (non-hydrogen) atoms. The van der Waals surface area contributed by atoms with Crippen LogP contribution in [0.3, 0.4) is 0 Å². The monoisotopic (exact) mass is 209 g/mol. The Hall–Kier alpha value is -2.29. The van der Waals surface area contributed by atoms with E-state index in [4.69, 9.17) is 5.73 Å². The van der Waals surface area contributed by atoms with Gasteiger partial charge >= 0.3 is 0 Å². The van der Waals surface area contributed by atoms with E-state index in [9.17, 15) is 4.79 Å². The molecule has 0 atom stereocenters. The van der Waals surface area contributed by atoms with Crippen LogP contribution in [0.2, 0.25) is 0 Å². The number of aromatic amines is 1. The Morgan fingerprint density at radius 3 is 2.81 bits per heavy atom. The number of aromatic nitrogens is 1. The van der Waals surface area contributed by atoms with Crippen molar-refractivity contribution in [3.05, 3.63) is 48.0 Å². The molecule has 3 heteroatoms. The summed E-state index contributed by atoms with van der Waals surface area (Å²) in [7, 11) is 0. The third kappa shape index (κ3) is 1.11. The maximum absolute atomic E-state index is 11.4. The van der Waals surface area contributed by atoms with E-state index >= 15 is 0 Å². The minimum absolute atomic E-state index is 0.413. The number of hydrogen-bond acceptors (Lipinski definition) is 1. The highest BCUT2D eigenvalue weighted by Gasteiger charge is 2.11. The number of nitrogens with two attached hydrogens (primary N) is 1. The number of fused-ring (bicyclic) bond motifs is 3. The van der Waals surface area contributed by atoms with Gasteiger partial charge in [-0.05, 0) is 24.3 Å². The van der Waals surface area contributed by atoms with E-state index in [1.807, 2.05) is 30.3 Å². The predicted octanol–water partition coefficient (Wildman–Crippen LogP) is 2.22. The fourth-order valence-electron chi connectivity index (χ4n) is 2.02. The van der Waals surface area contributed by atoms with Crippen LogP contribution >= 0.6 is 0 Å². The molecule has 3 aromatic rings. The number of hydrogen-bond donors (Lipinski definition) is 2. The second kappa shape index (κ2) is 3.10. The number of carbonyl (C=O) groups excluding carboxylic acids is 1. The number of primary amides is 1. The Balaban J connectivity index is 2.57. The summed E-state index contributed by atoms with van der Waals surface area (Å²) in [6.45, 7) is 0. The number of amides is 1. The summed E-state index contributed by atoms with van der Waals surface area (Å²) in [5.74, 6) is -0.413. The molecule has 1 heterocycles. The van der Waals surface area contributed by atoms with Gasteiger partial charge in [0, 0.05) is 27.4 Å². The number of nitrogens with one attached hydrogen (secondary N) is 1. The summed E-state index contributed by atoms with van der Waals surface area (Å²) in [5.41, 5.74) is 7.77. The summed E-state index contributed by atoms with van der Waals surface area (Å²) in [5, 5.41) is 1.76. The third-order valence-electron chi connectivity index (χ3n) is 2.71. The topological polar surface area (TPSA) is 58.9 Å². The van der Waals surface area contributed by atoms with Gasteiger partial charge in [0.05, 0.1) is 0 Å². The van der Waals surface area contributed by atoms with Crippen molar-refractivity contribution in [2.75, 3.05) is 0 Å². The zero-order valence-electron chi connectivity index (χ0n) is 8.45. The van der Waals surface area contributed by atoms with E-state index in [1.165, 1.54) is 0 Å². The average molecular weight is 209 g/mol. The number of benzene rings is 2. The van der Waals surface area contributed by atoms with Crippen molar-refractivity contribution in [2.24, 2.45) is 5.73 Å². The normalized spacial score (nSPS) is 11.0. The molecule has 3 rings (SSSR count). The van der Waals surface area contributed by atoms with Crippen molar-refractivity contribution in [2.45, 2.75) is 0 Å². The summed E-state index contributed by atoms with van der Waals surface area (Å²) in [6, 6.07) is 14.3. The SMILES string of the molecule is NC(=O)c1cccc2[nH]c3ccc[c]c3c12. The van der Waals surface area contributed by atoms with E-state index in [-0.39, 0.29) is 0 Å². The minimum atomic E-state index is -0.413. The van der Waals surface area contributed by atoms with Gasteiger partial charge in [0.15, 0.2) is 0 Å². The molecule has 0 saturated heterocycles. The van der Waals surface area contributed by atoms with Crippen molar-refractivity contribution in [3.8, 4) is 0 Å². The van der Waals surface area contributed by atoms with E-state index < -0.39 is 5.91 Å². The quantitative estimate of drug-likeness (QED) is 0.634. The Kier molecular flexibility index (Phi) is 1.74. The van der Waals surface area contributed by atoms with Gasteiger partial charge in [0.1, 0.15) is 0 Å². The maximum atomic E-state index is 11.4. The lowest BCUT2D eigenvalue weighted by molar-refractivity contribution is 0.100.